The minimum absolute atomic E-state index is 0.131. The molecule has 9 heteroatoms. The highest BCUT2D eigenvalue weighted by Crippen LogP contribution is 2.33. The highest BCUT2D eigenvalue weighted by atomic mass is 79.9. The van der Waals surface area contributed by atoms with E-state index in [-0.39, 0.29) is 12.5 Å². The third-order valence-electron chi connectivity index (χ3n) is 4.13. The maximum absolute atomic E-state index is 12.1. The molecule has 1 heterocycles. The lowest BCUT2D eigenvalue weighted by atomic mass is 10.2. The number of nitrogens with one attached hydrogen (secondary N) is 1. The van der Waals surface area contributed by atoms with Gasteiger partial charge >= 0.3 is 0 Å². The number of nitrogens with zero attached hydrogens (tertiary/aromatic N) is 3. The molecule has 0 radical (unpaired) electrons. The number of nitrogen functional groups attached to an aromatic ring is 1. The summed E-state index contributed by atoms with van der Waals surface area (Å²) in [6, 6.07) is 13.2. The summed E-state index contributed by atoms with van der Waals surface area (Å²) in [5, 5.41) is 7.12. The number of amides is 1. The van der Waals surface area contributed by atoms with Gasteiger partial charge in [0, 0.05) is 16.6 Å². The Morgan fingerprint density at radius 3 is 2.73 bits per heavy atom. The second-order valence-corrected chi connectivity index (χ2v) is 7.26. The number of hydrogen-bond acceptors (Lipinski definition) is 6. The monoisotopic (exact) mass is 471 g/mol. The van der Waals surface area contributed by atoms with Gasteiger partial charge in [0.1, 0.15) is 0 Å². The molecule has 1 amide bonds. The lowest BCUT2D eigenvalue weighted by Gasteiger charge is -2.13. The van der Waals surface area contributed by atoms with Gasteiger partial charge in [0.05, 0.1) is 25.2 Å². The van der Waals surface area contributed by atoms with Crippen LogP contribution in [0.2, 0.25) is 0 Å². The first-order chi connectivity index (χ1) is 14.5. The predicted molar refractivity (Wildman–Crippen MR) is 119 cm³/mol. The van der Waals surface area contributed by atoms with Gasteiger partial charge in [-0.05, 0) is 40.5 Å². The summed E-state index contributed by atoms with van der Waals surface area (Å²) in [5.41, 5.74) is 8.34. The molecule has 0 bridgehead atoms. The number of nitrogens with two attached hydrogens (primary N) is 1. The van der Waals surface area contributed by atoms with Crippen LogP contribution in [0.5, 0.6) is 11.5 Å². The number of ether oxygens (including phenoxy) is 2. The predicted octanol–water partition coefficient (Wildman–Crippen LogP) is 3.12. The van der Waals surface area contributed by atoms with Crippen molar-refractivity contribution >= 4 is 34.0 Å². The van der Waals surface area contributed by atoms with E-state index < -0.39 is 0 Å². The van der Waals surface area contributed by atoms with Crippen molar-refractivity contribution in [3.63, 3.8) is 0 Å². The number of halogens is 1. The Balaban J connectivity index is 1.64. The average Bonchev–Trinajstić information content (AvgIpc) is 3.07. The van der Waals surface area contributed by atoms with Crippen LogP contribution >= 0.6 is 15.9 Å². The molecule has 0 atom stereocenters. The highest BCUT2D eigenvalue weighted by molar-refractivity contribution is 9.10. The Morgan fingerprint density at radius 2 is 2.07 bits per heavy atom. The normalized spacial score (nSPS) is 10.9. The van der Waals surface area contributed by atoms with Crippen molar-refractivity contribution in [1.82, 2.24) is 15.0 Å². The van der Waals surface area contributed by atoms with Crippen LogP contribution in [0.25, 0.3) is 0 Å². The van der Waals surface area contributed by atoms with Gasteiger partial charge < -0.3 is 20.5 Å². The first-order valence-corrected chi connectivity index (χ1v) is 9.92. The summed E-state index contributed by atoms with van der Waals surface area (Å²) in [6.45, 7) is 2.15. The summed E-state index contributed by atoms with van der Waals surface area (Å²) in [7, 11) is 1.53. The standard InChI is InChI=1S/C21H22BrN5O3/c1-14-12-27(21(23)26-14)25-11-16-8-18(29-2)19(9-17(16)22)30-13-20(28)24-10-15-6-4-3-5-7-15/h3-9,11-12H,10,13H2,1-2H3,(H2,23,26)(H,24,28). The molecule has 0 saturated heterocycles. The molecule has 0 fully saturated rings. The molecule has 156 valence electrons. The molecular weight excluding hydrogens is 450 g/mol. The van der Waals surface area contributed by atoms with Crippen molar-refractivity contribution in [2.75, 3.05) is 19.5 Å². The minimum atomic E-state index is -0.228. The molecule has 3 rings (SSSR count). The van der Waals surface area contributed by atoms with Crippen molar-refractivity contribution < 1.29 is 14.3 Å². The molecule has 0 saturated carbocycles. The first-order valence-electron chi connectivity index (χ1n) is 9.13. The summed E-state index contributed by atoms with van der Waals surface area (Å²) in [6.07, 6.45) is 3.35. The summed E-state index contributed by atoms with van der Waals surface area (Å²) in [5.74, 6) is 0.988. The number of methoxy groups -OCH3 is 1. The fourth-order valence-electron chi connectivity index (χ4n) is 2.63. The summed E-state index contributed by atoms with van der Waals surface area (Å²) >= 11 is 3.49. The Kier molecular flexibility index (Phi) is 7.08. The van der Waals surface area contributed by atoms with Gasteiger partial charge in [0.15, 0.2) is 18.1 Å². The van der Waals surface area contributed by atoms with Crippen molar-refractivity contribution in [3.8, 4) is 11.5 Å². The number of imidazole rings is 1. The Bertz CT molecular complexity index is 1050. The molecule has 30 heavy (non-hydrogen) atoms. The Labute approximate surface area is 182 Å². The molecule has 8 nitrogen and oxygen atoms in total. The van der Waals surface area contributed by atoms with Gasteiger partial charge in [0.2, 0.25) is 5.95 Å². The smallest absolute Gasteiger partial charge is 0.258 e. The number of rotatable bonds is 8. The van der Waals surface area contributed by atoms with Crippen LogP contribution in [-0.2, 0) is 11.3 Å². The lowest BCUT2D eigenvalue weighted by Crippen LogP contribution is -2.28. The molecule has 0 aliphatic heterocycles. The van der Waals surface area contributed by atoms with Gasteiger partial charge in [-0.25, -0.2) is 9.66 Å². The van der Waals surface area contributed by atoms with Gasteiger partial charge in [-0.15, -0.1) is 0 Å². The van der Waals surface area contributed by atoms with Crippen LogP contribution in [-0.4, -0.2) is 35.5 Å². The SMILES string of the molecule is COc1cc(C=Nn2cc(C)nc2N)c(Br)cc1OCC(=O)NCc1ccccc1. The quantitative estimate of drug-likeness (QED) is 0.491. The van der Waals surface area contributed by atoms with E-state index in [0.717, 1.165) is 21.3 Å². The van der Waals surface area contributed by atoms with Gasteiger partial charge in [0.25, 0.3) is 5.91 Å². The number of benzene rings is 2. The number of hydrogen-bond donors (Lipinski definition) is 2. The van der Waals surface area contributed by atoms with E-state index >= 15 is 0 Å². The largest absolute Gasteiger partial charge is 0.493 e. The second kappa shape index (κ2) is 9.93. The van der Waals surface area contributed by atoms with E-state index in [2.05, 4.69) is 31.3 Å². The second-order valence-electron chi connectivity index (χ2n) is 6.41. The maximum Gasteiger partial charge on any atom is 0.258 e. The number of aromatic nitrogens is 2. The maximum atomic E-state index is 12.1. The lowest BCUT2D eigenvalue weighted by molar-refractivity contribution is -0.123. The van der Waals surface area contributed by atoms with E-state index in [1.807, 2.05) is 37.3 Å². The molecule has 0 aliphatic carbocycles. The highest BCUT2D eigenvalue weighted by Gasteiger charge is 2.12. The number of anilines is 1. The number of aryl methyl sites for hydroxylation is 1. The molecule has 0 unspecified atom stereocenters. The molecule has 0 spiro atoms. The van der Waals surface area contributed by atoms with Crippen molar-refractivity contribution in [3.05, 3.63) is 70.0 Å². The van der Waals surface area contributed by atoms with E-state index in [0.29, 0.717) is 24.0 Å². The van der Waals surface area contributed by atoms with Crippen molar-refractivity contribution in [2.45, 2.75) is 13.5 Å². The Morgan fingerprint density at radius 1 is 1.30 bits per heavy atom. The number of carbonyl (C=O) groups excluding carboxylic acids is 1. The Hall–Kier alpha value is -3.33. The topological polar surface area (TPSA) is 104 Å². The average molecular weight is 472 g/mol. The van der Waals surface area contributed by atoms with E-state index in [1.54, 1.807) is 24.5 Å². The van der Waals surface area contributed by atoms with Gasteiger partial charge in [-0.1, -0.05) is 30.3 Å². The van der Waals surface area contributed by atoms with Crippen LogP contribution < -0.4 is 20.5 Å². The first kappa shape index (κ1) is 21.4. The fourth-order valence-corrected chi connectivity index (χ4v) is 3.06. The molecule has 2 aromatic carbocycles. The zero-order chi connectivity index (χ0) is 21.5. The van der Waals surface area contributed by atoms with Crippen LogP contribution in [0.15, 0.2) is 58.2 Å². The zero-order valence-corrected chi connectivity index (χ0v) is 18.2. The fraction of sp³-hybridized carbons (Fsp3) is 0.190. The van der Waals surface area contributed by atoms with Crippen LogP contribution in [0.4, 0.5) is 5.95 Å². The molecule has 1 aromatic heterocycles. The summed E-state index contributed by atoms with van der Waals surface area (Å²) < 4.78 is 13.3. The van der Waals surface area contributed by atoms with Crippen LogP contribution in [0, 0.1) is 6.92 Å². The number of carbonyl (C=O) groups is 1. The van der Waals surface area contributed by atoms with E-state index in [4.69, 9.17) is 15.2 Å². The van der Waals surface area contributed by atoms with E-state index in [1.165, 1.54) is 11.8 Å². The van der Waals surface area contributed by atoms with Crippen molar-refractivity contribution in [2.24, 2.45) is 5.10 Å². The molecular formula is C21H22BrN5O3. The third-order valence-corrected chi connectivity index (χ3v) is 4.82. The van der Waals surface area contributed by atoms with Crippen LogP contribution in [0.3, 0.4) is 0 Å². The van der Waals surface area contributed by atoms with Gasteiger partial charge in [-0.3, -0.25) is 4.79 Å². The zero-order valence-electron chi connectivity index (χ0n) is 16.6. The molecule has 0 aliphatic rings. The molecule has 3 aromatic rings. The summed E-state index contributed by atoms with van der Waals surface area (Å²) in [4.78, 5) is 16.2. The van der Waals surface area contributed by atoms with Crippen molar-refractivity contribution in [1.29, 1.82) is 0 Å². The third kappa shape index (κ3) is 5.60. The van der Waals surface area contributed by atoms with Crippen LogP contribution in [0.1, 0.15) is 16.8 Å². The minimum Gasteiger partial charge on any atom is -0.493 e. The van der Waals surface area contributed by atoms with Gasteiger partial charge in [-0.2, -0.15) is 5.10 Å². The van der Waals surface area contributed by atoms with E-state index in [9.17, 15) is 4.79 Å². The molecule has 3 N–H and O–H groups in total.